The molecule has 0 nitrogen and oxygen atoms in total. The molecular weight excluding hydrogens is 235 g/mol. The summed E-state index contributed by atoms with van der Waals surface area (Å²) >= 11 is 0. The summed E-state index contributed by atoms with van der Waals surface area (Å²) in [5.41, 5.74) is 4.32. The Morgan fingerprint density at radius 3 is 2.61 bits per heavy atom. The van der Waals surface area contributed by atoms with E-state index in [0.717, 1.165) is 5.92 Å². The zero-order valence-electron chi connectivity index (χ0n) is 12.3. The van der Waals surface area contributed by atoms with E-state index in [9.17, 15) is 0 Å². The van der Waals surface area contributed by atoms with Gasteiger partial charge in [0, 0.05) is 0 Å². The summed E-state index contributed by atoms with van der Waals surface area (Å²) in [6, 6.07) is 4.55. The molecule has 1 rings (SSSR count). The summed E-state index contributed by atoms with van der Waals surface area (Å²) < 4.78 is 0. The smallest absolute Gasteiger partial charge is 0.0239 e. The molecule has 100 valence electrons. The molecule has 0 spiro atoms. The number of allylic oxidation sites excluding steroid dienone is 2. The molecule has 0 aromatic heterocycles. The fourth-order valence-electron chi connectivity index (χ4n) is 2.21. The fourth-order valence-corrected chi connectivity index (χ4v) is 2.67. The average Bonchev–Trinajstić information content (AvgIpc) is 2.35. The van der Waals surface area contributed by atoms with Gasteiger partial charge in [0.25, 0.3) is 0 Å². The quantitative estimate of drug-likeness (QED) is 0.513. The van der Waals surface area contributed by atoms with Crippen molar-refractivity contribution in [2.45, 2.75) is 53.4 Å². The Bertz CT molecular complexity index is 404. The molecule has 0 amide bonds. The molecule has 0 aliphatic carbocycles. The van der Waals surface area contributed by atoms with Crippen LogP contribution in [0.15, 0.2) is 24.3 Å². The minimum absolute atomic E-state index is 0.812. The SMILES string of the molecule is C/C=C\CCC(C)CCc1ccc(C)c(C)c1P. The number of benzene rings is 1. The maximum absolute atomic E-state index is 2.92. The minimum Gasteiger partial charge on any atom is -0.105 e. The Morgan fingerprint density at radius 1 is 1.22 bits per heavy atom. The summed E-state index contributed by atoms with van der Waals surface area (Å²) in [6.45, 7) is 8.87. The predicted octanol–water partition coefficient (Wildman–Crippen LogP) is 4.73. The van der Waals surface area contributed by atoms with Crippen LogP contribution in [0.5, 0.6) is 0 Å². The van der Waals surface area contributed by atoms with E-state index < -0.39 is 0 Å². The van der Waals surface area contributed by atoms with E-state index in [1.54, 1.807) is 0 Å². The maximum atomic E-state index is 2.92. The van der Waals surface area contributed by atoms with Crippen LogP contribution in [0.25, 0.3) is 0 Å². The van der Waals surface area contributed by atoms with Crippen molar-refractivity contribution < 1.29 is 0 Å². The lowest BCUT2D eigenvalue weighted by molar-refractivity contribution is 0.497. The second kappa shape index (κ2) is 7.74. The molecule has 18 heavy (non-hydrogen) atoms. The lowest BCUT2D eigenvalue weighted by Gasteiger charge is -2.14. The molecule has 2 atom stereocenters. The van der Waals surface area contributed by atoms with E-state index in [4.69, 9.17) is 0 Å². The summed E-state index contributed by atoms with van der Waals surface area (Å²) in [4.78, 5) is 0. The maximum Gasteiger partial charge on any atom is -0.0239 e. The number of rotatable bonds is 6. The highest BCUT2D eigenvalue weighted by molar-refractivity contribution is 7.27. The van der Waals surface area contributed by atoms with Gasteiger partial charge in [-0.05, 0) is 74.4 Å². The molecule has 0 bridgehead atoms. The summed E-state index contributed by atoms with van der Waals surface area (Å²) in [5, 5.41) is 1.41. The zero-order chi connectivity index (χ0) is 13.5. The molecule has 0 N–H and O–H groups in total. The van der Waals surface area contributed by atoms with Gasteiger partial charge in [-0.3, -0.25) is 0 Å². The third-order valence-corrected chi connectivity index (χ3v) is 4.65. The molecular formula is C17H27P. The average molecular weight is 262 g/mol. The van der Waals surface area contributed by atoms with E-state index in [1.807, 2.05) is 0 Å². The molecule has 0 aliphatic heterocycles. The van der Waals surface area contributed by atoms with Crippen LogP contribution in [0.3, 0.4) is 0 Å². The number of hydrogen-bond donors (Lipinski definition) is 0. The first-order chi connectivity index (χ1) is 8.56. The van der Waals surface area contributed by atoms with Crippen molar-refractivity contribution in [3.8, 4) is 0 Å². The first-order valence-electron chi connectivity index (χ1n) is 7.02. The van der Waals surface area contributed by atoms with Crippen LogP contribution in [0.1, 0.15) is 49.8 Å². The molecule has 2 unspecified atom stereocenters. The molecule has 0 radical (unpaired) electrons. The molecule has 0 saturated heterocycles. The molecule has 0 heterocycles. The van der Waals surface area contributed by atoms with Crippen LogP contribution in [0, 0.1) is 19.8 Å². The van der Waals surface area contributed by atoms with Gasteiger partial charge >= 0.3 is 0 Å². The summed E-state index contributed by atoms with van der Waals surface area (Å²) in [5.74, 6) is 0.812. The number of aryl methyl sites for hydroxylation is 2. The van der Waals surface area contributed by atoms with Gasteiger partial charge in [-0.1, -0.05) is 31.2 Å². The van der Waals surface area contributed by atoms with E-state index in [1.165, 1.54) is 47.7 Å². The van der Waals surface area contributed by atoms with Gasteiger partial charge in [-0.15, -0.1) is 9.24 Å². The highest BCUT2D eigenvalue weighted by Gasteiger charge is 2.06. The van der Waals surface area contributed by atoms with Gasteiger partial charge in [0.2, 0.25) is 0 Å². The summed E-state index contributed by atoms with van der Waals surface area (Å²) in [6.07, 6.45) is 9.45. The minimum atomic E-state index is 0.812. The second-order valence-corrected chi connectivity index (χ2v) is 5.95. The highest BCUT2D eigenvalue weighted by atomic mass is 31.0. The Morgan fingerprint density at radius 2 is 1.94 bits per heavy atom. The van der Waals surface area contributed by atoms with Crippen LogP contribution >= 0.6 is 9.24 Å². The monoisotopic (exact) mass is 262 g/mol. The number of hydrogen-bond acceptors (Lipinski definition) is 0. The highest BCUT2D eigenvalue weighted by Crippen LogP contribution is 2.17. The van der Waals surface area contributed by atoms with Crippen molar-refractivity contribution in [1.82, 2.24) is 0 Å². The second-order valence-electron chi connectivity index (χ2n) is 5.37. The van der Waals surface area contributed by atoms with E-state index >= 15 is 0 Å². The molecule has 0 aliphatic rings. The standard InChI is InChI=1S/C17H27P/c1-5-6-7-8-13(2)9-11-16-12-10-14(3)15(4)17(16)18/h5-6,10,12-13H,7-9,11,18H2,1-4H3/b6-5-. The Hall–Kier alpha value is -0.610. The zero-order valence-corrected chi connectivity index (χ0v) is 13.4. The van der Waals surface area contributed by atoms with Crippen molar-refractivity contribution in [2.75, 3.05) is 0 Å². The van der Waals surface area contributed by atoms with Gasteiger partial charge in [-0.25, -0.2) is 0 Å². The molecule has 0 saturated carbocycles. The Kier molecular flexibility index (Phi) is 6.65. The van der Waals surface area contributed by atoms with E-state index in [0.29, 0.717) is 0 Å². The van der Waals surface area contributed by atoms with Crippen LogP contribution < -0.4 is 5.30 Å². The predicted molar refractivity (Wildman–Crippen MR) is 86.8 cm³/mol. The van der Waals surface area contributed by atoms with Gasteiger partial charge in [0.1, 0.15) is 0 Å². The topological polar surface area (TPSA) is 0 Å². The van der Waals surface area contributed by atoms with Crippen molar-refractivity contribution in [3.63, 3.8) is 0 Å². The van der Waals surface area contributed by atoms with E-state index in [2.05, 4.69) is 61.2 Å². The van der Waals surface area contributed by atoms with Crippen LogP contribution in [-0.4, -0.2) is 0 Å². The molecule has 1 aromatic rings. The van der Waals surface area contributed by atoms with Crippen molar-refractivity contribution >= 4 is 14.5 Å². The van der Waals surface area contributed by atoms with Crippen molar-refractivity contribution in [1.29, 1.82) is 0 Å². The Balaban J connectivity index is 2.51. The van der Waals surface area contributed by atoms with Gasteiger partial charge in [0.05, 0.1) is 0 Å². The van der Waals surface area contributed by atoms with Crippen LogP contribution in [-0.2, 0) is 6.42 Å². The van der Waals surface area contributed by atoms with Gasteiger partial charge in [-0.2, -0.15) is 0 Å². The lowest BCUT2D eigenvalue weighted by atomic mass is 9.95. The first kappa shape index (κ1) is 15.4. The van der Waals surface area contributed by atoms with Gasteiger partial charge < -0.3 is 0 Å². The first-order valence-corrected chi connectivity index (χ1v) is 7.59. The van der Waals surface area contributed by atoms with Crippen molar-refractivity contribution in [2.24, 2.45) is 5.92 Å². The molecule has 1 aromatic carbocycles. The molecule has 1 heteroatoms. The fraction of sp³-hybridized carbons (Fsp3) is 0.529. The van der Waals surface area contributed by atoms with Crippen LogP contribution in [0.4, 0.5) is 0 Å². The largest absolute Gasteiger partial charge is 0.105 e. The van der Waals surface area contributed by atoms with Crippen LogP contribution in [0.2, 0.25) is 0 Å². The third-order valence-electron chi connectivity index (χ3n) is 3.84. The van der Waals surface area contributed by atoms with Crippen molar-refractivity contribution in [3.05, 3.63) is 41.0 Å². The van der Waals surface area contributed by atoms with E-state index in [-0.39, 0.29) is 0 Å². The lowest BCUT2D eigenvalue weighted by Crippen LogP contribution is -2.09. The van der Waals surface area contributed by atoms with Gasteiger partial charge in [0.15, 0.2) is 0 Å². The normalized spacial score (nSPS) is 13.2. The Labute approximate surface area is 115 Å². The molecule has 0 fully saturated rings. The summed E-state index contributed by atoms with van der Waals surface area (Å²) in [7, 11) is 2.92. The third kappa shape index (κ3) is 4.58.